The van der Waals surface area contributed by atoms with Crippen LogP contribution in [-0.4, -0.2) is 14.0 Å². The molecule has 0 aliphatic rings. The van der Waals surface area contributed by atoms with Gasteiger partial charge in [-0.05, 0) is 18.2 Å². The van der Waals surface area contributed by atoms with Gasteiger partial charge in [0.15, 0.2) is 0 Å². The van der Waals surface area contributed by atoms with Crippen molar-refractivity contribution in [2.24, 2.45) is 0 Å². The van der Waals surface area contributed by atoms with Gasteiger partial charge in [-0.3, -0.25) is 0 Å². The van der Waals surface area contributed by atoms with Gasteiger partial charge in [0, 0.05) is 32.3 Å². The van der Waals surface area contributed by atoms with Gasteiger partial charge in [0.05, 0.1) is 0 Å². The first kappa shape index (κ1) is 2.86. The van der Waals surface area contributed by atoms with Crippen LogP contribution in [0, 0.1) is 0 Å². The molecule has 1 aromatic carbocycles. The Kier molecular flexibility index (Phi) is 0.874. The summed E-state index contributed by atoms with van der Waals surface area (Å²) in [6, 6.07) is 6.19. The Balaban J connectivity index is 3.23. The Bertz CT molecular complexity index is 358. The van der Waals surface area contributed by atoms with Gasteiger partial charge in [-0.15, -0.1) is 0 Å². The highest BCUT2D eigenvalue weighted by molar-refractivity contribution is 9.10. The monoisotopic (exact) mass is 205 g/mol. The molecule has 10 heavy (non-hydrogen) atoms. The predicted octanol–water partition coefficient (Wildman–Crippen LogP) is 2.52. The van der Waals surface area contributed by atoms with Gasteiger partial charge in [0.2, 0.25) is 0 Å². The van der Waals surface area contributed by atoms with Crippen LogP contribution in [0.3, 0.4) is 0 Å². The quantitative estimate of drug-likeness (QED) is 0.682. The first-order valence-electron chi connectivity index (χ1n) is 5.68. The zero-order chi connectivity index (χ0) is 12.6. The summed E-state index contributed by atoms with van der Waals surface area (Å²) in [4.78, 5) is 0.449. The molecule has 1 nitrogen and oxygen atoms in total. The summed E-state index contributed by atoms with van der Waals surface area (Å²) in [7, 11) is 0. The van der Waals surface area contributed by atoms with Gasteiger partial charge in [-0.25, -0.2) is 0 Å². The molecule has 0 aromatic heterocycles. The predicted molar refractivity (Wildman–Crippen MR) is 48.5 cm³/mol. The zero-order valence-corrected chi connectivity index (χ0v) is 6.72. The van der Waals surface area contributed by atoms with Crippen LogP contribution in [0.15, 0.2) is 28.7 Å². The van der Waals surface area contributed by atoms with E-state index in [0.29, 0.717) is 9.37 Å². The lowest BCUT2D eigenvalue weighted by Gasteiger charge is -2.11. The number of hydrogen-bond acceptors (Lipinski definition) is 1. The van der Waals surface area contributed by atoms with Crippen molar-refractivity contribution in [3.8, 4) is 0 Å². The lowest BCUT2D eigenvalue weighted by atomic mass is 10.3. The summed E-state index contributed by atoms with van der Waals surface area (Å²) in [5.74, 6) is 0. The van der Waals surface area contributed by atoms with Crippen molar-refractivity contribution in [2.75, 3.05) is 18.9 Å². The number of rotatable bonds is 1. The molecule has 1 aromatic rings. The van der Waals surface area contributed by atoms with Gasteiger partial charge in [-0.1, -0.05) is 22.0 Å². The normalized spacial score (nSPS) is 20.9. The highest BCUT2D eigenvalue weighted by atomic mass is 79.9. The molecule has 0 fully saturated rings. The van der Waals surface area contributed by atoms with Crippen molar-refractivity contribution in [1.29, 1.82) is 0 Å². The first-order valence-corrected chi connectivity index (χ1v) is 3.47. The Labute approximate surface area is 78.2 Å². The topological polar surface area (TPSA) is 3.24 Å². The third kappa shape index (κ3) is 1.74. The maximum absolute atomic E-state index is 7.24. The van der Waals surface area contributed by atoms with E-state index in [-0.39, 0.29) is 5.69 Å². The Morgan fingerprint density at radius 2 is 2.30 bits per heavy atom. The summed E-state index contributed by atoms with van der Waals surface area (Å²) in [6.07, 6.45) is 0. The van der Waals surface area contributed by atoms with E-state index >= 15 is 0 Å². The fourth-order valence-electron chi connectivity index (χ4n) is 0.615. The second kappa shape index (κ2) is 3.06. The second-order valence-corrected chi connectivity index (χ2v) is 2.73. The van der Waals surface area contributed by atoms with Gasteiger partial charge in [0.1, 0.15) is 0 Å². The van der Waals surface area contributed by atoms with Gasteiger partial charge in [0.25, 0.3) is 0 Å². The number of benzene rings is 1. The molecular weight excluding hydrogens is 190 g/mol. The third-order valence-electron chi connectivity index (χ3n) is 1.07. The van der Waals surface area contributed by atoms with Crippen molar-refractivity contribution in [1.82, 2.24) is 0 Å². The number of halogens is 1. The molecule has 0 heterocycles. The smallest absolute Gasteiger partial charge is 0.0456 e. The summed E-state index contributed by atoms with van der Waals surface area (Å²) < 4.78 is 44.0. The molecule has 0 N–H and O–H groups in total. The van der Waals surface area contributed by atoms with Crippen molar-refractivity contribution in [2.45, 2.75) is 0 Å². The Morgan fingerprint density at radius 3 is 2.90 bits per heavy atom. The Hall–Kier alpha value is -0.500. The van der Waals surface area contributed by atoms with Crippen LogP contribution in [0.5, 0.6) is 0 Å². The average Bonchev–Trinajstić information content (AvgIpc) is 1.97. The SMILES string of the molecule is [2H]C([2H])([2H])N(c1cccc(Br)c1)C([2H])([2H])[2H]. The molecule has 0 aliphatic carbocycles. The summed E-state index contributed by atoms with van der Waals surface area (Å²) in [5.41, 5.74) is 0.134. The molecule has 0 amide bonds. The van der Waals surface area contributed by atoms with E-state index in [1.54, 1.807) is 12.1 Å². The fraction of sp³-hybridized carbons (Fsp3) is 0.250. The van der Waals surface area contributed by atoms with Crippen molar-refractivity contribution in [3.63, 3.8) is 0 Å². The molecule has 0 unspecified atom stereocenters. The van der Waals surface area contributed by atoms with Gasteiger partial charge < -0.3 is 4.90 Å². The summed E-state index contributed by atoms with van der Waals surface area (Å²) in [6.45, 7) is -5.40. The minimum Gasteiger partial charge on any atom is -0.378 e. The highest BCUT2D eigenvalue weighted by Gasteiger charge is 1.92. The van der Waals surface area contributed by atoms with Crippen LogP contribution in [0.1, 0.15) is 8.22 Å². The molecule has 0 spiro atoms. The lowest BCUT2D eigenvalue weighted by molar-refractivity contribution is 1.13. The minimum atomic E-state index is -2.70. The Morgan fingerprint density at radius 1 is 1.50 bits per heavy atom. The minimum absolute atomic E-state index is 0.134. The molecule has 0 aliphatic heterocycles. The molecule has 0 saturated heterocycles. The molecule has 0 bridgehead atoms. The molecule has 0 atom stereocenters. The number of nitrogens with zero attached hydrogens (tertiary/aromatic N) is 1. The van der Waals surface area contributed by atoms with E-state index in [1.807, 2.05) is 0 Å². The van der Waals surface area contributed by atoms with Crippen LogP contribution in [0.25, 0.3) is 0 Å². The van der Waals surface area contributed by atoms with E-state index in [0.717, 1.165) is 0 Å². The van der Waals surface area contributed by atoms with Crippen molar-refractivity contribution < 1.29 is 8.22 Å². The van der Waals surface area contributed by atoms with Crippen LogP contribution in [-0.2, 0) is 0 Å². The standard InChI is InChI=1S/C8H10BrN/c1-10(2)8-5-3-4-7(9)6-8/h3-6H,1-2H3/i1D3,2D3. The van der Waals surface area contributed by atoms with E-state index in [4.69, 9.17) is 8.22 Å². The van der Waals surface area contributed by atoms with E-state index in [9.17, 15) is 0 Å². The second-order valence-electron chi connectivity index (χ2n) is 1.82. The van der Waals surface area contributed by atoms with Crippen LogP contribution in [0.4, 0.5) is 5.69 Å². The third-order valence-corrected chi connectivity index (χ3v) is 1.56. The maximum atomic E-state index is 7.24. The molecular formula is C8H10BrN. The molecule has 0 saturated carbocycles. The van der Waals surface area contributed by atoms with E-state index in [2.05, 4.69) is 15.9 Å². The van der Waals surface area contributed by atoms with Crippen molar-refractivity contribution >= 4 is 21.6 Å². The van der Waals surface area contributed by atoms with Crippen LogP contribution in [0.2, 0.25) is 0 Å². The first-order chi connectivity index (χ1) is 7.12. The van der Waals surface area contributed by atoms with Crippen molar-refractivity contribution in [3.05, 3.63) is 28.7 Å². The number of hydrogen-bond donors (Lipinski definition) is 0. The molecule has 2 heteroatoms. The highest BCUT2D eigenvalue weighted by Crippen LogP contribution is 2.17. The molecule has 0 radical (unpaired) electrons. The van der Waals surface area contributed by atoms with E-state index < -0.39 is 14.0 Å². The van der Waals surface area contributed by atoms with Gasteiger partial charge >= 0.3 is 0 Å². The summed E-state index contributed by atoms with van der Waals surface area (Å²) >= 11 is 3.17. The maximum Gasteiger partial charge on any atom is 0.0456 e. The molecule has 1 rings (SSSR count). The molecule has 54 valence electrons. The zero-order valence-electron chi connectivity index (χ0n) is 11.1. The average molecular weight is 206 g/mol. The van der Waals surface area contributed by atoms with Crippen LogP contribution < -0.4 is 4.90 Å². The lowest BCUT2D eigenvalue weighted by Crippen LogP contribution is -2.07. The summed E-state index contributed by atoms with van der Waals surface area (Å²) in [5, 5.41) is 0. The fourth-order valence-corrected chi connectivity index (χ4v) is 1.00. The largest absolute Gasteiger partial charge is 0.378 e. The van der Waals surface area contributed by atoms with Gasteiger partial charge in [-0.2, -0.15) is 0 Å². The number of anilines is 1. The van der Waals surface area contributed by atoms with E-state index in [1.165, 1.54) is 12.1 Å². The van der Waals surface area contributed by atoms with Crippen LogP contribution >= 0.6 is 15.9 Å².